The Morgan fingerprint density at radius 2 is 2.06 bits per heavy atom. The molecule has 0 saturated heterocycles. The number of aliphatic hydroxyl groups is 1. The van der Waals surface area contributed by atoms with Gasteiger partial charge < -0.3 is 9.84 Å². The molecule has 1 N–H and O–H groups in total. The van der Waals surface area contributed by atoms with Crippen molar-refractivity contribution in [3.63, 3.8) is 0 Å². The van der Waals surface area contributed by atoms with E-state index in [1.54, 1.807) is 0 Å². The van der Waals surface area contributed by atoms with E-state index in [-0.39, 0.29) is 12.6 Å². The lowest BCUT2D eigenvalue weighted by Gasteiger charge is -2.12. The highest BCUT2D eigenvalue weighted by atomic mass is 16.5. The summed E-state index contributed by atoms with van der Waals surface area (Å²) in [7, 11) is 0. The number of hydrogen-bond acceptors (Lipinski definition) is 3. The molecule has 3 nitrogen and oxygen atoms in total. The van der Waals surface area contributed by atoms with E-state index in [2.05, 4.69) is 26.8 Å². The minimum absolute atomic E-state index is 0.121. The van der Waals surface area contributed by atoms with Crippen molar-refractivity contribution < 1.29 is 14.6 Å². The van der Waals surface area contributed by atoms with Gasteiger partial charge in [-0.1, -0.05) is 25.5 Å². The third-order valence-corrected chi connectivity index (χ3v) is 2.64. The highest BCUT2D eigenvalue weighted by Crippen LogP contribution is 2.12. The SMILES string of the molecule is CCC(O)COC(=O)CC(C)CCC=C(C)C. The summed E-state index contributed by atoms with van der Waals surface area (Å²) in [4.78, 5) is 11.4. The second kappa shape index (κ2) is 9.23. The molecule has 0 aliphatic rings. The maximum absolute atomic E-state index is 11.4. The third kappa shape index (κ3) is 10.1. The third-order valence-electron chi connectivity index (χ3n) is 2.64. The Morgan fingerprint density at radius 3 is 2.59 bits per heavy atom. The molecule has 3 heteroatoms. The first-order valence-corrected chi connectivity index (χ1v) is 6.42. The summed E-state index contributed by atoms with van der Waals surface area (Å²) in [6, 6.07) is 0. The van der Waals surface area contributed by atoms with Gasteiger partial charge in [-0.15, -0.1) is 0 Å². The van der Waals surface area contributed by atoms with Gasteiger partial charge in [0, 0.05) is 6.42 Å². The van der Waals surface area contributed by atoms with Crippen molar-refractivity contribution in [1.82, 2.24) is 0 Å². The Hall–Kier alpha value is -0.830. The van der Waals surface area contributed by atoms with E-state index < -0.39 is 6.10 Å². The first kappa shape index (κ1) is 16.2. The van der Waals surface area contributed by atoms with Crippen LogP contribution in [0.1, 0.15) is 53.4 Å². The van der Waals surface area contributed by atoms with Gasteiger partial charge in [-0.05, 0) is 39.0 Å². The number of ether oxygens (including phenoxy) is 1. The summed E-state index contributed by atoms with van der Waals surface area (Å²) in [6.45, 7) is 8.18. The van der Waals surface area contributed by atoms with Crippen LogP contribution in [0.2, 0.25) is 0 Å². The highest BCUT2D eigenvalue weighted by molar-refractivity contribution is 5.69. The van der Waals surface area contributed by atoms with Crippen LogP contribution in [0.3, 0.4) is 0 Å². The average molecular weight is 242 g/mol. The number of allylic oxidation sites excluding steroid dienone is 2. The fourth-order valence-corrected chi connectivity index (χ4v) is 1.41. The van der Waals surface area contributed by atoms with E-state index in [0.29, 0.717) is 18.8 Å². The van der Waals surface area contributed by atoms with Crippen LogP contribution in [-0.4, -0.2) is 23.8 Å². The largest absolute Gasteiger partial charge is 0.463 e. The number of aliphatic hydroxyl groups excluding tert-OH is 1. The molecule has 0 radical (unpaired) electrons. The van der Waals surface area contributed by atoms with Gasteiger partial charge in [0.1, 0.15) is 6.61 Å². The summed E-state index contributed by atoms with van der Waals surface area (Å²) < 4.78 is 4.99. The van der Waals surface area contributed by atoms with E-state index in [9.17, 15) is 9.90 Å². The Morgan fingerprint density at radius 1 is 1.41 bits per heavy atom. The molecule has 2 atom stereocenters. The van der Waals surface area contributed by atoms with Crippen LogP contribution < -0.4 is 0 Å². The second-order valence-corrected chi connectivity index (χ2v) is 4.91. The van der Waals surface area contributed by atoms with Crippen molar-refractivity contribution in [3.05, 3.63) is 11.6 Å². The molecule has 0 aliphatic carbocycles. The molecule has 0 aliphatic heterocycles. The van der Waals surface area contributed by atoms with Crippen LogP contribution in [0.15, 0.2) is 11.6 Å². The average Bonchev–Trinajstić information content (AvgIpc) is 2.25. The molecular weight excluding hydrogens is 216 g/mol. The van der Waals surface area contributed by atoms with E-state index in [1.165, 1.54) is 5.57 Å². The standard InChI is InChI=1S/C14H26O3/c1-5-13(15)10-17-14(16)9-12(4)8-6-7-11(2)3/h7,12-13,15H,5-6,8-10H2,1-4H3. The van der Waals surface area contributed by atoms with Gasteiger partial charge in [0.05, 0.1) is 6.10 Å². The zero-order chi connectivity index (χ0) is 13.3. The quantitative estimate of drug-likeness (QED) is 0.525. The molecule has 0 aromatic carbocycles. The lowest BCUT2D eigenvalue weighted by molar-refractivity contribution is -0.147. The lowest BCUT2D eigenvalue weighted by atomic mass is 10.0. The zero-order valence-electron chi connectivity index (χ0n) is 11.5. The van der Waals surface area contributed by atoms with Crippen LogP contribution in [0.5, 0.6) is 0 Å². The van der Waals surface area contributed by atoms with Crippen molar-refractivity contribution >= 4 is 5.97 Å². The van der Waals surface area contributed by atoms with Gasteiger partial charge >= 0.3 is 5.97 Å². The van der Waals surface area contributed by atoms with Gasteiger partial charge in [0.2, 0.25) is 0 Å². The second-order valence-electron chi connectivity index (χ2n) is 4.91. The maximum atomic E-state index is 11.4. The minimum atomic E-state index is -0.528. The zero-order valence-corrected chi connectivity index (χ0v) is 11.5. The van der Waals surface area contributed by atoms with E-state index in [4.69, 9.17) is 4.74 Å². The normalized spacial score (nSPS) is 13.9. The Labute approximate surface area is 105 Å². The molecule has 0 rings (SSSR count). The first-order valence-electron chi connectivity index (χ1n) is 6.42. The van der Waals surface area contributed by atoms with Gasteiger partial charge in [-0.25, -0.2) is 0 Å². The summed E-state index contributed by atoms with van der Waals surface area (Å²) in [6.07, 6.45) is 4.71. The Bertz CT molecular complexity index is 242. The van der Waals surface area contributed by atoms with Gasteiger partial charge in [0.25, 0.3) is 0 Å². The number of rotatable bonds is 8. The number of carbonyl (C=O) groups excluding carboxylic acids is 1. The van der Waals surface area contributed by atoms with E-state index in [0.717, 1.165) is 12.8 Å². The molecular formula is C14H26O3. The predicted octanol–water partition coefficient (Wildman–Crippen LogP) is 3.07. The van der Waals surface area contributed by atoms with Crippen LogP contribution >= 0.6 is 0 Å². The van der Waals surface area contributed by atoms with E-state index in [1.807, 2.05) is 6.92 Å². The highest BCUT2D eigenvalue weighted by Gasteiger charge is 2.11. The smallest absolute Gasteiger partial charge is 0.306 e. The molecule has 0 aromatic rings. The minimum Gasteiger partial charge on any atom is -0.463 e. The van der Waals surface area contributed by atoms with Crippen molar-refractivity contribution in [2.24, 2.45) is 5.92 Å². The molecule has 0 amide bonds. The first-order chi connectivity index (χ1) is 7.95. The van der Waals surface area contributed by atoms with Gasteiger partial charge in [-0.2, -0.15) is 0 Å². The number of hydrogen-bond donors (Lipinski definition) is 1. The summed E-state index contributed by atoms with van der Waals surface area (Å²) in [5.41, 5.74) is 1.31. The Balaban J connectivity index is 3.69. The fourth-order valence-electron chi connectivity index (χ4n) is 1.41. The molecule has 0 saturated carbocycles. The predicted molar refractivity (Wildman–Crippen MR) is 69.7 cm³/mol. The molecule has 0 aromatic heterocycles. The van der Waals surface area contributed by atoms with Crippen LogP contribution in [0.25, 0.3) is 0 Å². The Kier molecular flexibility index (Phi) is 8.78. The van der Waals surface area contributed by atoms with Crippen LogP contribution in [0, 0.1) is 5.92 Å². The molecule has 2 unspecified atom stereocenters. The number of esters is 1. The van der Waals surface area contributed by atoms with Crippen molar-refractivity contribution in [1.29, 1.82) is 0 Å². The summed E-state index contributed by atoms with van der Waals surface area (Å²) in [5.74, 6) is 0.124. The summed E-state index contributed by atoms with van der Waals surface area (Å²) in [5, 5.41) is 9.26. The molecule has 0 fully saturated rings. The summed E-state index contributed by atoms with van der Waals surface area (Å²) >= 11 is 0. The van der Waals surface area contributed by atoms with Gasteiger partial charge in [-0.3, -0.25) is 4.79 Å². The topological polar surface area (TPSA) is 46.5 Å². The maximum Gasteiger partial charge on any atom is 0.306 e. The van der Waals surface area contributed by atoms with Crippen LogP contribution in [0.4, 0.5) is 0 Å². The molecule has 0 heterocycles. The molecule has 0 spiro atoms. The van der Waals surface area contributed by atoms with Gasteiger partial charge in [0.15, 0.2) is 0 Å². The van der Waals surface area contributed by atoms with Crippen molar-refractivity contribution in [3.8, 4) is 0 Å². The van der Waals surface area contributed by atoms with Crippen LogP contribution in [-0.2, 0) is 9.53 Å². The lowest BCUT2D eigenvalue weighted by Crippen LogP contribution is -2.18. The number of carbonyl (C=O) groups is 1. The van der Waals surface area contributed by atoms with E-state index >= 15 is 0 Å². The van der Waals surface area contributed by atoms with Crippen molar-refractivity contribution in [2.75, 3.05) is 6.61 Å². The molecule has 100 valence electrons. The van der Waals surface area contributed by atoms with Crippen molar-refractivity contribution in [2.45, 2.75) is 59.5 Å². The molecule has 0 bridgehead atoms. The monoisotopic (exact) mass is 242 g/mol. The molecule has 17 heavy (non-hydrogen) atoms. The fraction of sp³-hybridized carbons (Fsp3) is 0.786.